The Bertz CT molecular complexity index is 140. The van der Waals surface area contributed by atoms with Crippen molar-refractivity contribution in [2.45, 2.75) is 64.8 Å². The lowest BCUT2D eigenvalue weighted by Crippen LogP contribution is -2.57. The van der Waals surface area contributed by atoms with Crippen LogP contribution in [0.3, 0.4) is 0 Å². The molecule has 1 fully saturated rings. The molecule has 2 heteroatoms. The Hall–Kier alpha value is 0.177. The van der Waals surface area contributed by atoms with E-state index in [2.05, 4.69) is 38.1 Å². The third-order valence-corrected chi connectivity index (χ3v) is 5.40. The molecule has 1 aliphatic heterocycles. The Labute approximate surface area is 78.2 Å². The van der Waals surface area contributed by atoms with Crippen molar-refractivity contribution < 1.29 is 0 Å². The van der Waals surface area contributed by atoms with Crippen molar-refractivity contribution in [1.29, 1.82) is 0 Å². The number of nitrogens with zero attached hydrogens (tertiary/aromatic N) is 1. The molecule has 2 atom stereocenters. The van der Waals surface area contributed by atoms with Crippen molar-refractivity contribution in [1.82, 2.24) is 4.57 Å². The minimum Gasteiger partial charge on any atom is -0.319 e. The molecule has 1 nitrogen and oxygen atoms in total. The molecular weight excluding hydrogens is 162 g/mol. The second-order valence-corrected chi connectivity index (χ2v) is 10.1. The molecule has 1 aliphatic rings. The van der Waals surface area contributed by atoms with Gasteiger partial charge in [-0.2, -0.15) is 0 Å². The van der Waals surface area contributed by atoms with Crippen molar-refractivity contribution in [3.8, 4) is 0 Å². The van der Waals surface area contributed by atoms with Crippen molar-refractivity contribution in [3.05, 3.63) is 0 Å². The van der Waals surface area contributed by atoms with Gasteiger partial charge < -0.3 is 4.57 Å². The van der Waals surface area contributed by atoms with E-state index in [0.717, 1.165) is 12.1 Å². The molecule has 0 spiro atoms. The standard InChI is InChI=1S/C10H23NSi/c1-9-7-6-8-10(2)11(9)12(3,4)5/h9-10H,6-8H2,1-5H3/t9-,10+. The van der Waals surface area contributed by atoms with Crippen LogP contribution in [-0.4, -0.2) is 24.9 Å². The lowest BCUT2D eigenvalue weighted by Gasteiger charge is -2.46. The number of rotatable bonds is 1. The Morgan fingerprint density at radius 2 is 1.42 bits per heavy atom. The highest BCUT2D eigenvalue weighted by Crippen LogP contribution is 2.27. The Morgan fingerprint density at radius 3 is 1.67 bits per heavy atom. The van der Waals surface area contributed by atoms with Crippen LogP contribution in [0.25, 0.3) is 0 Å². The van der Waals surface area contributed by atoms with Crippen LogP contribution >= 0.6 is 0 Å². The van der Waals surface area contributed by atoms with Crippen molar-refractivity contribution in [2.75, 3.05) is 0 Å². The molecule has 0 unspecified atom stereocenters. The highest BCUT2D eigenvalue weighted by Gasteiger charge is 2.34. The largest absolute Gasteiger partial charge is 0.319 e. The molecule has 0 bridgehead atoms. The van der Waals surface area contributed by atoms with E-state index in [1.807, 2.05) is 0 Å². The van der Waals surface area contributed by atoms with Gasteiger partial charge in [0.2, 0.25) is 0 Å². The molecular formula is C10H23NSi. The summed E-state index contributed by atoms with van der Waals surface area (Å²) in [4.78, 5) is 0. The van der Waals surface area contributed by atoms with Gasteiger partial charge >= 0.3 is 0 Å². The number of piperidine rings is 1. The van der Waals surface area contributed by atoms with Crippen LogP contribution in [-0.2, 0) is 0 Å². The molecule has 1 saturated heterocycles. The van der Waals surface area contributed by atoms with Crippen LogP contribution in [0, 0.1) is 0 Å². The summed E-state index contributed by atoms with van der Waals surface area (Å²) in [5.74, 6) is 0. The summed E-state index contributed by atoms with van der Waals surface area (Å²) in [7, 11) is -1.05. The SMILES string of the molecule is C[C@@H]1CCC[C@H](C)N1[Si](C)(C)C. The smallest absolute Gasteiger partial charge is 0.119 e. The van der Waals surface area contributed by atoms with Crippen molar-refractivity contribution in [2.24, 2.45) is 0 Å². The van der Waals surface area contributed by atoms with Gasteiger partial charge in [-0.1, -0.05) is 39.9 Å². The molecule has 0 saturated carbocycles. The second kappa shape index (κ2) is 3.50. The molecule has 0 aliphatic carbocycles. The topological polar surface area (TPSA) is 3.24 Å². The molecule has 0 radical (unpaired) electrons. The molecule has 12 heavy (non-hydrogen) atoms. The maximum atomic E-state index is 2.80. The van der Waals surface area contributed by atoms with Gasteiger partial charge in [0.1, 0.15) is 8.24 Å². The van der Waals surface area contributed by atoms with Crippen LogP contribution in [0.5, 0.6) is 0 Å². The fourth-order valence-corrected chi connectivity index (χ4v) is 5.65. The summed E-state index contributed by atoms with van der Waals surface area (Å²) < 4.78 is 2.80. The van der Waals surface area contributed by atoms with Crippen LogP contribution in [0.15, 0.2) is 0 Å². The van der Waals surface area contributed by atoms with Gasteiger partial charge in [-0.25, -0.2) is 0 Å². The van der Waals surface area contributed by atoms with E-state index in [-0.39, 0.29) is 0 Å². The average Bonchev–Trinajstić information content (AvgIpc) is 1.82. The van der Waals surface area contributed by atoms with Gasteiger partial charge in [-0.05, 0) is 12.8 Å². The lowest BCUT2D eigenvalue weighted by molar-refractivity contribution is 0.195. The molecule has 72 valence electrons. The zero-order valence-corrected chi connectivity index (χ0v) is 10.2. The molecule has 1 heterocycles. The zero-order chi connectivity index (χ0) is 9.35. The first-order chi connectivity index (χ1) is 5.43. The summed E-state index contributed by atoms with van der Waals surface area (Å²) in [5.41, 5.74) is 0. The van der Waals surface area contributed by atoms with Crippen LogP contribution < -0.4 is 0 Å². The van der Waals surface area contributed by atoms with Gasteiger partial charge in [0, 0.05) is 12.1 Å². The minimum atomic E-state index is -1.05. The van der Waals surface area contributed by atoms with E-state index in [4.69, 9.17) is 0 Å². The van der Waals surface area contributed by atoms with Gasteiger partial charge in [0.25, 0.3) is 0 Å². The van der Waals surface area contributed by atoms with Crippen molar-refractivity contribution in [3.63, 3.8) is 0 Å². The lowest BCUT2D eigenvalue weighted by atomic mass is 10.0. The van der Waals surface area contributed by atoms with Gasteiger partial charge in [0.15, 0.2) is 0 Å². The van der Waals surface area contributed by atoms with Crippen LogP contribution in [0.2, 0.25) is 19.6 Å². The maximum absolute atomic E-state index is 2.80. The van der Waals surface area contributed by atoms with E-state index in [0.29, 0.717) is 0 Å². The van der Waals surface area contributed by atoms with Gasteiger partial charge in [-0.15, -0.1) is 0 Å². The molecule has 0 aromatic heterocycles. The fourth-order valence-electron chi connectivity index (χ4n) is 2.74. The fraction of sp³-hybridized carbons (Fsp3) is 1.00. The normalized spacial score (nSPS) is 33.8. The highest BCUT2D eigenvalue weighted by molar-refractivity contribution is 6.73. The van der Waals surface area contributed by atoms with E-state index < -0.39 is 8.24 Å². The predicted octanol–water partition coefficient (Wildman–Crippen LogP) is 3.08. The third-order valence-electron chi connectivity index (χ3n) is 2.97. The third kappa shape index (κ3) is 2.11. The predicted molar refractivity (Wildman–Crippen MR) is 58.0 cm³/mol. The van der Waals surface area contributed by atoms with Gasteiger partial charge in [0.05, 0.1) is 0 Å². The monoisotopic (exact) mass is 185 g/mol. The summed E-state index contributed by atoms with van der Waals surface area (Å²) in [5, 5.41) is 0. The minimum absolute atomic E-state index is 0.834. The number of hydrogen-bond donors (Lipinski definition) is 0. The quantitative estimate of drug-likeness (QED) is 0.568. The highest BCUT2D eigenvalue weighted by atomic mass is 28.3. The second-order valence-electron chi connectivity index (χ2n) is 5.21. The summed E-state index contributed by atoms with van der Waals surface area (Å²) in [6.45, 7) is 12.2. The first-order valence-electron chi connectivity index (χ1n) is 5.21. The van der Waals surface area contributed by atoms with E-state index in [9.17, 15) is 0 Å². The first kappa shape index (κ1) is 10.3. The van der Waals surface area contributed by atoms with E-state index in [1.54, 1.807) is 0 Å². The van der Waals surface area contributed by atoms with E-state index >= 15 is 0 Å². The molecule has 0 N–H and O–H groups in total. The summed E-state index contributed by atoms with van der Waals surface area (Å²) >= 11 is 0. The summed E-state index contributed by atoms with van der Waals surface area (Å²) in [6, 6.07) is 1.67. The molecule has 0 aromatic carbocycles. The van der Waals surface area contributed by atoms with Crippen LogP contribution in [0.1, 0.15) is 33.1 Å². The average molecular weight is 185 g/mol. The van der Waals surface area contributed by atoms with Crippen molar-refractivity contribution >= 4 is 8.24 Å². The van der Waals surface area contributed by atoms with Crippen LogP contribution in [0.4, 0.5) is 0 Å². The first-order valence-corrected chi connectivity index (χ1v) is 8.66. The van der Waals surface area contributed by atoms with E-state index in [1.165, 1.54) is 19.3 Å². The Kier molecular flexibility index (Phi) is 3.00. The maximum Gasteiger partial charge on any atom is 0.119 e. The molecule has 0 aromatic rings. The Balaban J connectivity index is 2.69. The van der Waals surface area contributed by atoms with Gasteiger partial charge in [-0.3, -0.25) is 0 Å². The molecule has 0 amide bonds. The molecule has 1 rings (SSSR count). The Morgan fingerprint density at radius 1 is 1.00 bits per heavy atom. The number of hydrogen-bond acceptors (Lipinski definition) is 1. The summed E-state index contributed by atoms with van der Waals surface area (Å²) in [6.07, 6.45) is 4.26. The zero-order valence-electron chi connectivity index (χ0n) is 9.22.